The average molecular weight is 235 g/mol. The number of carboxylic acid groups (broad SMARTS) is 1. The summed E-state index contributed by atoms with van der Waals surface area (Å²) in [5.41, 5.74) is 7.40. The minimum atomic E-state index is -0.980. The molecule has 4 heteroatoms. The summed E-state index contributed by atoms with van der Waals surface area (Å²) in [5, 5.41) is 8.76. The van der Waals surface area contributed by atoms with Crippen LogP contribution in [0.2, 0.25) is 0 Å². The number of benzene rings is 1. The molecule has 0 amide bonds. The summed E-state index contributed by atoms with van der Waals surface area (Å²) in [5.74, 6) is -0.128. The van der Waals surface area contributed by atoms with E-state index < -0.39 is 12.0 Å². The molecule has 1 heterocycles. The Labute approximate surface area is 100 Å². The first-order chi connectivity index (χ1) is 7.87. The second kappa shape index (κ2) is 4.04. The van der Waals surface area contributed by atoms with E-state index in [0.29, 0.717) is 6.42 Å². The highest BCUT2D eigenvalue weighted by molar-refractivity contribution is 5.73. The normalized spacial score (nSPS) is 18.3. The van der Waals surface area contributed by atoms with Gasteiger partial charge in [-0.25, -0.2) is 0 Å². The molecule has 0 saturated heterocycles. The van der Waals surface area contributed by atoms with Crippen LogP contribution in [0.3, 0.4) is 0 Å². The predicted octanol–water partition coefficient (Wildman–Crippen LogP) is 1.35. The van der Waals surface area contributed by atoms with Gasteiger partial charge in [0.05, 0.1) is 0 Å². The molecule has 1 aromatic carbocycles. The fourth-order valence-corrected chi connectivity index (χ4v) is 2.10. The highest BCUT2D eigenvalue weighted by Crippen LogP contribution is 2.35. The third-order valence-corrected chi connectivity index (χ3v) is 2.91. The van der Waals surface area contributed by atoms with Gasteiger partial charge in [0.15, 0.2) is 0 Å². The highest BCUT2D eigenvalue weighted by atomic mass is 16.5. The minimum absolute atomic E-state index is 0.171. The van der Waals surface area contributed by atoms with E-state index in [1.54, 1.807) is 0 Å². The van der Waals surface area contributed by atoms with Crippen molar-refractivity contribution in [3.63, 3.8) is 0 Å². The summed E-state index contributed by atoms with van der Waals surface area (Å²) in [7, 11) is 0. The Morgan fingerprint density at radius 3 is 2.94 bits per heavy atom. The third kappa shape index (κ3) is 2.58. The molecule has 1 aliphatic rings. The van der Waals surface area contributed by atoms with Gasteiger partial charge in [0.1, 0.15) is 17.4 Å². The maximum atomic E-state index is 10.7. The molecule has 0 fully saturated rings. The molecular weight excluding hydrogens is 218 g/mol. The topological polar surface area (TPSA) is 72.6 Å². The van der Waals surface area contributed by atoms with Gasteiger partial charge in [-0.15, -0.1) is 0 Å². The number of nitrogens with two attached hydrogens (primary N) is 1. The monoisotopic (exact) mass is 235 g/mol. The Kier molecular flexibility index (Phi) is 2.83. The standard InChI is InChI=1S/C13H17NO3/c1-13(2)7-9-4-3-8(6-11(9)17-13)5-10(14)12(15)16/h3-4,6,10H,5,7,14H2,1-2H3,(H,15,16). The summed E-state index contributed by atoms with van der Waals surface area (Å²) in [6.45, 7) is 4.07. The van der Waals surface area contributed by atoms with Crippen molar-refractivity contribution in [1.82, 2.24) is 0 Å². The smallest absolute Gasteiger partial charge is 0.320 e. The van der Waals surface area contributed by atoms with Gasteiger partial charge in [-0.2, -0.15) is 0 Å². The minimum Gasteiger partial charge on any atom is -0.487 e. The van der Waals surface area contributed by atoms with Crippen LogP contribution in [-0.2, 0) is 17.6 Å². The molecule has 0 saturated carbocycles. The van der Waals surface area contributed by atoms with E-state index in [1.165, 1.54) is 5.56 Å². The van der Waals surface area contributed by atoms with Crippen LogP contribution in [0.4, 0.5) is 0 Å². The zero-order valence-electron chi connectivity index (χ0n) is 10.1. The van der Waals surface area contributed by atoms with Gasteiger partial charge in [-0.3, -0.25) is 4.79 Å². The summed E-state index contributed by atoms with van der Waals surface area (Å²) in [4.78, 5) is 10.7. The van der Waals surface area contributed by atoms with E-state index in [4.69, 9.17) is 15.6 Å². The lowest BCUT2D eigenvalue weighted by molar-refractivity contribution is -0.138. The molecule has 1 aliphatic heterocycles. The van der Waals surface area contributed by atoms with Crippen LogP contribution >= 0.6 is 0 Å². The van der Waals surface area contributed by atoms with Gasteiger partial charge in [0.25, 0.3) is 0 Å². The molecule has 1 atom stereocenters. The van der Waals surface area contributed by atoms with Gasteiger partial charge in [-0.1, -0.05) is 12.1 Å². The van der Waals surface area contributed by atoms with Crippen LogP contribution < -0.4 is 10.5 Å². The van der Waals surface area contributed by atoms with Crippen LogP contribution in [0.15, 0.2) is 18.2 Å². The van der Waals surface area contributed by atoms with Crippen molar-refractivity contribution >= 4 is 5.97 Å². The number of hydrogen-bond donors (Lipinski definition) is 2. The predicted molar refractivity (Wildman–Crippen MR) is 64.2 cm³/mol. The van der Waals surface area contributed by atoms with E-state index in [0.717, 1.165) is 17.7 Å². The molecule has 92 valence electrons. The number of aliphatic carboxylic acids is 1. The van der Waals surface area contributed by atoms with E-state index >= 15 is 0 Å². The number of fused-ring (bicyclic) bond motifs is 1. The highest BCUT2D eigenvalue weighted by Gasteiger charge is 2.30. The van der Waals surface area contributed by atoms with Gasteiger partial charge < -0.3 is 15.6 Å². The fraction of sp³-hybridized carbons (Fsp3) is 0.462. The molecular formula is C13H17NO3. The zero-order chi connectivity index (χ0) is 12.6. The van der Waals surface area contributed by atoms with Gasteiger partial charge in [0.2, 0.25) is 0 Å². The molecule has 3 N–H and O–H groups in total. The van der Waals surface area contributed by atoms with Crippen LogP contribution in [0, 0.1) is 0 Å². The lowest BCUT2D eigenvalue weighted by atomic mass is 9.99. The SMILES string of the molecule is CC1(C)Cc2ccc(CC(N)C(=O)O)cc2O1. The van der Waals surface area contributed by atoms with Gasteiger partial charge in [-0.05, 0) is 37.5 Å². The maximum Gasteiger partial charge on any atom is 0.320 e. The van der Waals surface area contributed by atoms with Crippen molar-refractivity contribution < 1.29 is 14.6 Å². The van der Waals surface area contributed by atoms with Crippen molar-refractivity contribution in [2.45, 2.75) is 38.3 Å². The quantitative estimate of drug-likeness (QED) is 0.829. The number of carbonyl (C=O) groups is 1. The lowest BCUT2D eigenvalue weighted by Crippen LogP contribution is -2.32. The molecule has 0 bridgehead atoms. The number of hydrogen-bond acceptors (Lipinski definition) is 3. The number of carboxylic acids is 1. The zero-order valence-corrected chi connectivity index (χ0v) is 10.1. The van der Waals surface area contributed by atoms with Crippen molar-refractivity contribution in [3.8, 4) is 5.75 Å². The molecule has 0 aromatic heterocycles. The van der Waals surface area contributed by atoms with Crippen LogP contribution in [0.1, 0.15) is 25.0 Å². The van der Waals surface area contributed by atoms with Crippen molar-refractivity contribution in [2.75, 3.05) is 0 Å². The summed E-state index contributed by atoms with van der Waals surface area (Å²) in [6.07, 6.45) is 1.21. The van der Waals surface area contributed by atoms with Crippen molar-refractivity contribution in [3.05, 3.63) is 29.3 Å². The van der Waals surface area contributed by atoms with Crippen LogP contribution in [0.25, 0.3) is 0 Å². The third-order valence-electron chi connectivity index (χ3n) is 2.91. The summed E-state index contributed by atoms with van der Waals surface area (Å²) < 4.78 is 5.79. The molecule has 0 aliphatic carbocycles. The van der Waals surface area contributed by atoms with E-state index in [2.05, 4.69) is 0 Å². The molecule has 0 radical (unpaired) electrons. The van der Waals surface area contributed by atoms with Crippen molar-refractivity contribution in [2.24, 2.45) is 5.73 Å². The summed E-state index contributed by atoms with van der Waals surface area (Å²) >= 11 is 0. The molecule has 1 aromatic rings. The average Bonchev–Trinajstić information content (AvgIpc) is 2.50. The second-order valence-electron chi connectivity index (χ2n) is 5.13. The Morgan fingerprint density at radius 2 is 2.29 bits per heavy atom. The molecule has 17 heavy (non-hydrogen) atoms. The van der Waals surface area contributed by atoms with Crippen LogP contribution in [0.5, 0.6) is 5.75 Å². The summed E-state index contributed by atoms with van der Waals surface area (Å²) in [6, 6.07) is 4.95. The second-order valence-corrected chi connectivity index (χ2v) is 5.13. The first kappa shape index (κ1) is 11.9. The Hall–Kier alpha value is -1.55. The van der Waals surface area contributed by atoms with Gasteiger partial charge >= 0.3 is 5.97 Å². The van der Waals surface area contributed by atoms with Gasteiger partial charge in [0, 0.05) is 6.42 Å². The molecule has 0 spiro atoms. The Bertz CT molecular complexity index is 454. The van der Waals surface area contributed by atoms with Crippen LogP contribution in [-0.4, -0.2) is 22.7 Å². The largest absolute Gasteiger partial charge is 0.487 e. The number of rotatable bonds is 3. The van der Waals surface area contributed by atoms with E-state index in [-0.39, 0.29) is 5.60 Å². The first-order valence-electron chi connectivity index (χ1n) is 5.66. The maximum absolute atomic E-state index is 10.7. The van der Waals surface area contributed by atoms with E-state index in [9.17, 15) is 4.79 Å². The van der Waals surface area contributed by atoms with Crippen molar-refractivity contribution in [1.29, 1.82) is 0 Å². The number of ether oxygens (including phenoxy) is 1. The van der Waals surface area contributed by atoms with E-state index in [1.807, 2.05) is 32.0 Å². The fourth-order valence-electron chi connectivity index (χ4n) is 2.10. The molecule has 4 nitrogen and oxygen atoms in total. The lowest BCUT2D eigenvalue weighted by Gasteiger charge is -2.17. The first-order valence-corrected chi connectivity index (χ1v) is 5.66. The Morgan fingerprint density at radius 1 is 1.59 bits per heavy atom. The molecule has 2 rings (SSSR count). The molecule has 1 unspecified atom stereocenters. The Balaban J connectivity index is 2.16.